The smallest absolute Gasteiger partial charge is 0.262 e. The van der Waals surface area contributed by atoms with Crippen LogP contribution in [0.4, 0.5) is 17.1 Å². The van der Waals surface area contributed by atoms with Crippen LogP contribution in [0.15, 0.2) is 72.8 Å². The summed E-state index contributed by atoms with van der Waals surface area (Å²) in [6.07, 6.45) is 0.0760. The molecule has 1 amide bonds. The van der Waals surface area contributed by atoms with E-state index in [9.17, 15) is 4.79 Å². The first-order valence-corrected chi connectivity index (χ1v) is 10.1. The lowest BCUT2D eigenvalue weighted by atomic mass is 10.0. The molecule has 0 saturated carbocycles. The second-order valence-electron chi connectivity index (χ2n) is 7.36. The molecule has 156 valence electrons. The van der Waals surface area contributed by atoms with Crippen molar-refractivity contribution in [1.82, 2.24) is 0 Å². The van der Waals surface area contributed by atoms with Crippen molar-refractivity contribution < 1.29 is 9.53 Å². The van der Waals surface area contributed by atoms with E-state index in [1.807, 2.05) is 84.7 Å². The maximum absolute atomic E-state index is 13.6. The van der Waals surface area contributed by atoms with Crippen molar-refractivity contribution in [3.05, 3.63) is 83.9 Å². The molecule has 0 spiro atoms. The summed E-state index contributed by atoms with van der Waals surface area (Å²) < 4.78 is 5.55. The first kappa shape index (κ1) is 20.3. The van der Waals surface area contributed by atoms with Gasteiger partial charge in [-0.25, -0.2) is 0 Å². The van der Waals surface area contributed by atoms with Gasteiger partial charge in [-0.15, -0.1) is 0 Å². The Hall–Kier alpha value is -3.98. The summed E-state index contributed by atoms with van der Waals surface area (Å²) in [5.41, 5.74) is 4.10. The zero-order valence-corrected chi connectivity index (χ0v) is 17.6. The van der Waals surface area contributed by atoms with E-state index >= 15 is 0 Å². The van der Waals surface area contributed by atoms with E-state index in [4.69, 9.17) is 10.00 Å². The van der Waals surface area contributed by atoms with Gasteiger partial charge >= 0.3 is 0 Å². The third kappa shape index (κ3) is 3.90. The molecule has 0 radical (unpaired) electrons. The highest BCUT2D eigenvalue weighted by molar-refractivity contribution is 6.12. The molecule has 3 aromatic rings. The molecular weight excluding hydrogens is 388 g/mol. The zero-order chi connectivity index (χ0) is 21.8. The summed E-state index contributed by atoms with van der Waals surface area (Å²) in [5, 5.41) is 12.3. The van der Waals surface area contributed by atoms with Gasteiger partial charge in [0.05, 0.1) is 30.9 Å². The fourth-order valence-electron chi connectivity index (χ4n) is 3.82. The third-order valence-electron chi connectivity index (χ3n) is 5.48. The minimum Gasteiger partial charge on any atom is -0.495 e. The molecule has 6 heteroatoms. The maximum Gasteiger partial charge on any atom is 0.262 e. The SMILES string of the molecule is COc1ccccc1N1C(=O)c2ccccc2N[C@H]1c1ccc(N(C)CCC#N)cc1. The van der Waals surface area contributed by atoms with Crippen LogP contribution in [0.1, 0.15) is 28.5 Å². The second-order valence-corrected chi connectivity index (χ2v) is 7.36. The number of nitriles is 1. The molecule has 1 aliphatic rings. The summed E-state index contributed by atoms with van der Waals surface area (Å²) in [6.45, 7) is 0.663. The van der Waals surface area contributed by atoms with E-state index in [0.717, 1.165) is 16.9 Å². The van der Waals surface area contributed by atoms with Crippen molar-refractivity contribution >= 4 is 23.0 Å². The zero-order valence-electron chi connectivity index (χ0n) is 17.6. The number of methoxy groups -OCH3 is 1. The molecule has 1 atom stereocenters. The molecule has 0 fully saturated rings. The first-order valence-electron chi connectivity index (χ1n) is 10.1. The average Bonchev–Trinajstić information content (AvgIpc) is 2.82. The van der Waals surface area contributed by atoms with Crippen LogP contribution in [-0.4, -0.2) is 26.6 Å². The minimum atomic E-state index is -0.392. The molecule has 1 heterocycles. The van der Waals surface area contributed by atoms with Gasteiger partial charge in [-0.1, -0.05) is 36.4 Å². The van der Waals surface area contributed by atoms with E-state index < -0.39 is 6.17 Å². The van der Waals surface area contributed by atoms with E-state index in [-0.39, 0.29) is 5.91 Å². The third-order valence-corrected chi connectivity index (χ3v) is 5.48. The fourth-order valence-corrected chi connectivity index (χ4v) is 3.82. The van der Waals surface area contributed by atoms with Gasteiger partial charge in [-0.2, -0.15) is 5.26 Å². The predicted octanol–water partition coefficient (Wildman–Crippen LogP) is 4.82. The maximum atomic E-state index is 13.6. The Balaban J connectivity index is 1.75. The number of fused-ring (bicyclic) bond motifs is 1. The molecular formula is C25H24N4O2. The van der Waals surface area contributed by atoms with Gasteiger partial charge in [0.25, 0.3) is 5.91 Å². The Bertz CT molecular complexity index is 1120. The number of carbonyl (C=O) groups is 1. The Morgan fingerprint density at radius 3 is 2.52 bits per heavy atom. The number of hydrogen-bond acceptors (Lipinski definition) is 5. The highest BCUT2D eigenvalue weighted by Crippen LogP contribution is 2.40. The van der Waals surface area contributed by atoms with E-state index in [1.54, 1.807) is 12.0 Å². The molecule has 6 nitrogen and oxygen atoms in total. The number of amides is 1. The van der Waals surface area contributed by atoms with Crippen molar-refractivity contribution in [1.29, 1.82) is 5.26 Å². The Kier molecular flexibility index (Phi) is 5.76. The number of anilines is 3. The monoisotopic (exact) mass is 412 g/mol. The van der Waals surface area contributed by atoms with Crippen molar-refractivity contribution in [3.8, 4) is 11.8 Å². The number of nitrogens with zero attached hydrogens (tertiary/aromatic N) is 3. The first-order chi connectivity index (χ1) is 15.1. The molecule has 0 saturated heterocycles. The average molecular weight is 412 g/mol. The fraction of sp³-hybridized carbons (Fsp3) is 0.200. The lowest BCUT2D eigenvalue weighted by Gasteiger charge is -2.38. The van der Waals surface area contributed by atoms with Crippen LogP contribution < -0.4 is 19.9 Å². The normalized spacial score (nSPS) is 14.9. The van der Waals surface area contributed by atoms with Crippen LogP contribution in [0.5, 0.6) is 5.75 Å². The summed E-state index contributed by atoms with van der Waals surface area (Å²) in [4.78, 5) is 17.3. The quantitative estimate of drug-likeness (QED) is 0.629. The van der Waals surface area contributed by atoms with Gasteiger partial charge in [-0.05, 0) is 42.0 Å². The van der Waals surface area contributed by atoms with E-state index in [0.29, 0.717) is 30.0 Å². The van der Waals surface area contributed by atoms with Crippen LogP contribution >= 0.6 is 0 Å². The predicted molar refractivity (Wildman–Crippen MR) is 123 cm³/mol. The molecule has 0 bridgehead atoms. The molecule has 0 aliphatic carbocycles. The van der Waals surface area contributed by atoms with Crippen LogP contribution in [0.25, 0.3) is 0 Å². The molecule has 31 heavy (non-hydrogen) atoms. The van der Waals surface area contributed by atoms with E-state index in [1.165, 1.54) is 0 Å². The van der Waals surface area contributed by atoms with Crippen molar-refractivity contribution in [2.24, 2.45) is 0 Å². The Labute approximate surface area is 182 Å². The number of hydrogen-bond donors (Lipinski definition) is 1. The number of benzene rings is 3. The Morgan fingerprint density at radius 2 is 1.77 bits per heavy atom. The lowest BCUT2D eigenvalue weighted by molar-refractivity contribution is 0.0974. The van der Waals surface area contributed by atoms with Crippen molar-refractivity contribution in [3.63, 3.8) is 0 Å². The van der Waals surface area contributed by atoms with Gasteiger partial charge in [0.15, 0.2) is 0 Å². The Morgan fingerprint density at radius 1 is 1.06 bits per heavy atom. The van der Waals surface area contributed by atoms with Gasteiger partial charge in [-0.3, -0.25) is 9.69 Å². The van der Waals surface area contributed by atoms with Crippen molar-refractivity contribution in [2.45, 2.75) is 12.6 Å². The van der Waals surface area contributed by atoms with Crippen LogP contribution in [0, 0.1) is 11.3 Å². The van der Waals surface area contributed by atoms with E-state index in [2.05, 4.69) is 11.4 Å². The topological polar surface area (TPSA) is 68.6 Å². The minimum absolute atomic E-state index is 0.0842. The number of carbonyl (C=O) groups excluding carboxylic acids is 1. The number of rotatable bonds is 6. The molecule has 4 rings (SSSR count). The van der Waals surface area contributed by atoms with Gasteiger partial charge in [0, 0.05) is 25.0 Å². The second kappa shape index (κ2) is 8.80. The number of ether oxygens (including phenoxy) is 1. The molecule has 1 N–H and O–H groups in total. The van der Waals surface area contributed by atoms with Gasteiger partial charge < -0.3 is 15.0 Å². The summed E-state index contributed by atoms with van der Waals surface area (Å²) >= 11 is 0. The summed E-state index contributed by atoms with van der Waals surface area (Å²) in [6, 6.07) is 25.3. The van der Waals surface area contributed by atoms with Crippen molar-refractivity contribution in [2.75, 3.05) is 35.8 Å². The molecule has 0 unspecified atom stereocenters. The highest BCUT2D eigenvalue weighted by atomic mass is 16.5. The molecule has 0 aromatic heterocycles. The summed E-state index contributed by atoms with van der Waals surface area (Å²) in [5.74, 6) is 0.550. The van der Waals surface area contributed by atoms with Crippen LogP contribution in [-0.2, 0) is 0 Å². The van der Waals surface area contributed by atoms with Crippen LogP contribution in [0.2, 0.25) is 0 Å². The standard InChI is InChI=1S/C25H24N4O2/c1-28(17-7-16-26)19-14-12-18(13-15-19)24-27-21-9-4-3-8-20(21)25(30)29(24)22-10-5-6-11-23(22)31-2/h3-6,8-15,24,27H,7,17H2,1-2H3/t24-/m1/s1. The number of para-hydroxylation sites is 3. The highest BCUT2D eigenvalue weighted by Gasteiger charge is 2.35. The lowest BCUT2D eigenvalue weighted by Crippen LogP contribution is -2.43. The molecule has 1 aliphatic heterocycles. The van der Waals surface area contributed by atoms with Gasteiger partial charge in [0.2, 0.25) is 0 Å². The molecule has 3 aromatic carbocycles. The van der Waals surface area contributed by atoms with Gasteiger partial charge in [0.1, 0.15) is 11.9 Å². The van der Waals surface area contributed by atoms with Crippen LogP contribution in [0.3, 0.4) is 0 Å². The summed E-state index contributed by atoms with van der Waals surface area (Å²) in [7, 11) is 3.57. The largest absolute Gasteiger partial charge is 0.495 e. The number of nitrogens with one attached hydrogen (secondary N) is 1.